The number of benzene rings is 2. The molecular formula is C13H12ClN3O3S. The summed E-state index contributed by atoms with van der Waals surface area (Å²) in [5, 5.41) is 12.2. The zero-order valence-electron chi connectivity index (χ0n) is 10.7. The van der Waals surface area contributed by atoms with Gasteiger partial charge in [-0.2, -0.15) is 8.42 Å². The number of nitrogens with zero attached hydrogens (tertiary/aromatic N) is 1. The highest BCUT2D eigenvalue weighted by atomic mass is 35.5. The molecule has 0 aliphatic carbocycles. The van der Waals surface area contributed by atoms with Gasteiger partial charge in [-0.05, 0) is 36.4 Å². The van der Waals surface area contributed by atoms with Crippen LogP contribution in [-0.4, -0.2) is 19.6 Å². The van der Waals surface area contributed by atoms with Crippen LogP contribution in [0.2, 0.25) is 5.02 Å². The SMILES string of the molecule is O=S(=O)(N=C(NO)Nc1ccc(Cl)cc1)c1ccccc1. The predicted molar refractivity (Wildman–Crippen MR) is 81.1 cm³/mol. The van der Waals surface area contributed by atoms with Crippen molar-refractivity contribution in [3.05, 3.63) is 59.6 Å². The van der Waals surface area contributed by atoms with Gasteiger partial charge < -0.3 is 5.32 Å². The van der Waals surface area contributed by atoms with Crippen molar-refractivity contribution in [3.63, 3.8) is 0 Å². The summed E-state index contributed by atoms with van der Waals surface area (Å²) in [6.07, 6.45) is 0. The summed E-state index contributed by atoms with van der Waals surface area (Å²) in [6.45, 7) is 0. The number of nitrogens with one attached hydrogen (secondary N) is 2. The van der Waals surface area contributed by atoms with Gasteiger partial charge in [0.15, 0.2) is 0 Å². The molecule has 0 amide bonds. The first-order valence-electron chi connectivity index (χ1n) is 5.84. The number of anilines is 1. The minimum Gasteiger partial charge on any atom is -0.324 e. The molecular weight excluding hydrogens is 314 g/mol. The molecule has 0 radical (unpaired) electrons. The quantitative estimate of drug-likeness (QED) is 0.458. The van der Waals surface area contributed by atoms with Crippen LogP contribution in [0, 0.1) is 0 Å². The van der Waals surface area contributed by atoms with Gasteiger partial charge in [-0.3, -0.25) is 5.21 Å². The normalized spacial score (nSPS) is 12.0. The Labute approximate surface area is 127 Å². The van der Waals surface area contributed by atoms with Gasteiger partial charge in [0, 0.05) is 10.7 Å². The summed E-state index contributed by atoms with van der Waals surface area (Å²) in [5.41, 5.74) is 2.23. The van der Waals surface area contributed by atoms with Crippen LogP contribution >= 0.6 is 11.6 Å². The van der Waals surface area contributed by atoms with Crippen molar-refractivity contribution in [1.82, 2.24) is 5.48 Å². The summed E-state index contributed by atoms with van der Waals surface area (Å²) >= 11 is 5.75. The zero-order valence-corrected chi connectivity index (χ0v) is 12.3. The van der Waals surface area contributed by atoms with Crippen molar-refractivity contribution < 1.29 is 13.6 Å². The summed E-state index contributed by atoms with van der Waals surface area (Å²) in [5.74, 6) is -0.318. The third-order valence-corrected chi connectivity index (χ3v) is 4.01. The second kappa shape index (κ2) is 6.57. The highest BCUT2D eigenvalue weighted by Gasteiger charge is 2.13. The van der Waals surface area contributed by atoms with E-state index in [1.54, 1.807) is 47.9 Å². The zero-order chi connectivity index (χ0) is 15.3. The largest absolute Gasteiger partial charge is 0.324 e. The first-order chi connectivity index (χ1) is 10.0. The Bertz CT molecular complexity index is 731. The minimum atomic E-state index is -3.92. The van der Waals surface area contributed by atoms with Crippen molar-refractivity contribution in [2.45, 2.75) is 4.90 Å². The molecule has 21 heavy (non-hydrogen) atoms. The van der Waals surface area contributed by atoms with Gasteiger partial charge in [-0.1, -0.05) is 29.8 Å². The molecule has 0 saturated carbocycles. The van der Waals surface area contributed by atoms with Gasteiger partial charge in [0.25, 0.3) is 10.0 Å². The molecule has 0 saturated heterocycles. The summed E-state index contributed by atoms with van der Waals surface area (Å²) in [6, 6.07) is 14.2. The molecule has 0 aliphatic heterocycles. The molecule has 0 unspecified atom stereocenters. The van der Waals surface area contributed by atoms with Crippen LogP contribution in [0.1, 0.15) is 0 Å². The predicted octanol–water partition coefficient (Wildman–Crippen LogP) is 2.48. The van der Waals surface area contributed by atoms with E-state index in [0.29, 0.717) is 10.7 Å². The van der Waals surface area contributed by atoms with Gasteiger partial charge in [0.2, 0.25) is 5.96 Å². The molecule has 0 fully saturated rings. The lowest BCUT2D eigenvalue weighted by molar-refractivity contribution is 0.234. The standard InChI is InChI=1S/C13H12ClN3O3S/c14-10-6-8-11(9-7-10)15-13(16-18)17-21(19,20)12-4-2-1-3-5-12/h1-9,18H,(H2,15,16,17). The van der Waals surface area contributed by atoms with Crippen LogP contribution in [-0.2, 0) is 10.0 Å². The van der Waals surface area contributed by atoms with E-state index in [2.05, 4.69) is 9.71 Å². The monoisotopic (exact) mass is 325 g/mol. The average Bonchev–Trinajstić information content (AvgIpc) is 2.49. The van der Waals surface area contributed by atoms with E-state index >= 15 is 0 Å². The van der Waals surface area contributed by atoms with Gasteiger partial charge in [-0.25, -0.2) is 5.48 Å². The lowest BCUT2D eigenvalue weighted by Crippen LogP contribution is -2.28. The fourth-order valence-electron chi connectivity index (χ4n) is 1.51. The van der Waals surface area contributed by atoms with Gasteiger partial charge in [-0.15, -0.1) is 4.40 Å². The van der Waals surface area contributed by atoms with Crippen LogP contribution in [0.5, 0.6) is 0 Å². The van der Waals surface area contributed by atoms with Crippen molar-refractivity contribution >= 4 is 33.3 Å². The van der Waals surface area contributed by atoms with Crippen molar-refractivity contribution in [1.29, 1.82) is 0 Å². The fourth-order valence-corrected chi connectivity index (χ4v) is 2.57. The molecule has 110 valence electrons. The molecule has 0 spiro atoms. The van der Waals surface area contributed by atoms with Gasteiger partial charge in [0.1, 0.15) is 0 Å². The molecule has 0 bridgehead atoms. The molecule has 8 heteroatoms. The molecule has 3 N–H and O–H groups in total. The maximum Gasteiger partial charge on any atom is 0.285 e. The Hall–Kier alpha value is -2.09. The summed E-state index contributed by atoms with van der Waals surface area (Å²) < 4.78 is 27.6. The summed E-state index contributed by atoms with van der Waals surface area (Å²) in [7, 11) is -3.92. The third-order valence-electron chi connectivity index (χ3n) is 2.47. The van der Waals surface area contributed by atoms with Crippen molar-refractivity contribution in [2.75, 3.05) is 5.32 Å². The van der Waals surface area contributed by atoms with Gasteiger partial charge in [0.05, 0.1) is 4.90 Å². The van der Waals surface area contributed by atoms with Crippen molar-refractivity contribution in [2.24, 2.45) is 4.40 Å². The Kier molecular flexibility index (Phi) is 4.79. The number of sulfonamides is 1. The highest BCUT2D eigenvalue weighted by Crippen LogP contribution is 2.14. The molecule has 6 nitrogen and oxygen atoms in total. The number of rotatable bonds is 3. The smallest absolute Gasteiger partial charge is 0.285 e. The lowest BCUT2D eigenvalue weighted by atomic mass is 10.3. The molecule has 0 atom stereocenters. The van der Waals surface area contributed by atoms with E-state index in [4.69, 9.17) is 16.8 Å². The molecule has 2 rings (SSSR count). The molecule has 2 aromatic rings. The van der Waals surface area contributed by atoms with E-state index in [9.17, 15) is 8.42 Å². The number of hydroxylamine groups is 1. The molecule has 0 aromatic heterocycles. The molecule has 0 aliphatic rings. The first kappa shape index (κ1) is 15.3. The van der Waals surface area contributed by atoms with E-state index in [-0.39, 0.29) is 10.9 Å². The number of halogens is 1. The Balaban J connectivity index is 2.26. The third kappa shape index (κ3) is 4.19. The minimum absolute atomic E-state index is 0.0238. The Morgan fingerprint density at radius 1 is 1.05 bits per heavy atom. The molecule has 0 heterocycles. The molecule has 2 aromatic carbocycles. The van der Waals surface area contributed by atoms with E-state index < -0.39 is 10.0 Å². The van der Waals surface area contributed by atoms with E-state index in [1.807, 2.05) is 0 Å². The highest BCUT2D eigenvalue weighted by molar-refractivity contribution is 7.90. The van der Waals surface area contributed by atoms with Crippen molar-refractivity contribution in [3.8, 4) is 0 Å². The van der Waals surface area contributed by atoms with Crippen LogP contribution in [0.4, 0.5) is 5.69 Å². The number of hydrogen-bond donors (Lipinski definition) is 3. The number of hydrogen-bond acceptors (Lipinski definition) is 3. The van der Waals surface area contributed by atoms with Crippen LogP contribution in [0.25, 0.3) is 0 Å². The fraction of sp³-hybridized carbons (Fsp3) is 0. The average molecular weight is 326 g/mol. The van der Waals surface area contributed by atoms with Gasteiger partial charge >= 0.3 is 0 Å². The van der Waals surface area contributed by atoms with Crippen LogP contribution in [0.15, 0.2) is 63.9 Å². The second-order valence-corrected chi connectivity index (χ2v) is 6.01. The lowest BCUT2D eigenvalue weighted by Gasteiger charge is -2.08. The van der Waals surface area contributed by atoms with E-state index in [1.165, 1.54) is 12.1 Å². The second-order valence-electron chi connectivity index (χ2n) is 3.97. The van der Waals surface area contributed by atoms with E-state index in [0.717, 1.165) is 0 Å². The maximum atomic E-state index is 12.0. The Morgan fingerprint density at radius 3 is 2.24 bits per heavy atom. The van der Waals surface area contributed by atoms with Crippen LogP contribution in [0.3, 0.4) is 0 Å². The first-order valence-corrected chi connectivity index (χ1v) is 7.66. The Morgan fingerprint density at radius 2 is 1.67 bits per heavy atom. The summed E-state index contributed by atoms with van der Waals surface area (Å²) in [4.78, 5) is 0.0238. The van der Waals surface area contributed by atoms with Crippen LogP contribution < -0.4 is 10.8 Å². The number of guanidine groups is 1. The maximum absolute atomic E-state index is 12.0. The topological polar surface area (TPSA) is 90.8 Å².